The second kappa shape index (κ2) is 9.44. The average molecular weight is 250 g/mol. The van der Waals surface area contributed by atoms with Gasteiger partial charge in [-0.3, -0.25) is 10.4 Å². The van der Waals surface area contributed by atoms with Crippen molar-refractivity contribution in [2.45, 2.75) is 19.8 Å². The summed E-state index contributed by atoms with van der Waals surface area (Å²) in [6, 6.07) is 9.78. The molecule has 0 fully saturated rings. The molecule has 0 aromatic heterocycles. The van der Waals surface area contributed by atoms with Crippen LogP contribution < -0.4 is 16.6 Å². The maximum atomic E-state index is 5.41. The predicted octanol–water partition coefficient (Wildman–Crippen LogP) is 1.73. The van der Waals surface area contributed by atoms with Gasteiger partial charge in [0.25, 0.3) is 0 Å². The number of rotatable bonds is 7. The lowest BCUT2D eigenvalue weighted by atomic mass is 10.3. The van der Waals surface area contributed by atoms with E-state index in [-0.39, 0.29) is 0 Å². The van der Waals surface area contributed by atoms with E-state index >= 15 is 0 Å². The summed E-state index contributed by atoms with van der Waals surface area (Å²) < 4.78 is 5.38. The molecular weight excluding hydrogens is 228 g/mol. The highest BCUT2D eigenvalue weighted by atomic mass is 16.5. The van der Waals surface area contributed by atoms with Gasteiger partial charge in [0.05, 0.1) is 0 Å². The van der Waals surface area contributed by atoms with Crippen molar-refractivity contribution in [3.05, 3.63) is 30.3 Å². The molecule has 1 aromatic rings. The predicted molar refractivity (Wildman–Crippen MR) is 75.4 cm³/mol. The minimum absolute atomic E-state index is 0.566. The molecule has 1 aromatic carbocycles. The lowest BCUT2D eigenvalue weighted by molar-refractivity contribution is 0.134. The molecule has 0 atom stereocenters. The fraction of sp³-hybridized carbons (Fsp3) is 0.462. The van der Waals surface area contributed by atoms with Crippen LogP contribution in [0.4, 0.5) is 5.69 Å². The number of anilines is 1. The van der Waals surface area contributed by atoms with Gasteiger partial charge in [-0.05, 0) is 25.0 Å². The van der Waals surface area contributed by atoms with Crippen LogP contribution in [0.2, 0.25) is 0 Å². The van der Waals surface area contributed by atoms with Crippen LogP contribution in [-0.2, 0) is 4.74 Å². The summed E-state index contributed by atoms with van der Waals surface area (Å²) in [4.78, 5) is 4.32. The zero-order chi connectivity index (χ0) is 13.1. The maximum Gasteiger partial charge on any atom is 0.210 e. The summed E-state index contributed by atoms with van der Waals surface area (Å²) >= 11 is 0. The van der Waals surface area contributed by atoms with Crippen LogP contribution in [0.25, 0.3) is 0 Å². The minimum Gasteiger partial charge on any atom is -0.381 e. The lowest BCUT2D eigenvalue weighted by Crippen LogP contribution is -2.36. The molecule has 0 aliphatic heterocycles. The van der Waals surface area contributed by atoms with E-state index in [0.717, 1.165) is 31.7 Å². The second-order valence-electron chi connectivity index (χ2n) is 3.83. The zero-order valence-corrected chi connectivity index (χ0v) is 10.9. The standard InChI is InChI=1S/C13H22N4O/c1-2-10-18-11-6-9-15-13(17-14)16-12-7-4-3-5-8-12/h3-5,7-8H,2,6,9-11,14H2,1H3,(H2,15,16,17). The number of ether oxygens (including phenoxy) is 1. The van der Waals surface area contributed by atoms with E-state index in [9.17, 15) is 0 Å². The third-order valence-corrected chi connectivity index (χ3v) is 2.24. The number of nitrogens with zero attached hydrogens (tertiary/aromatic N) is 1. The molecule has 5 nitrogen and oxygen atoms in total. The molecule has 0 heterocycles. The van der Waals surface area contributed by atoms with Crippen LogP contribution in [0.15, 0.2) is 35.3 Å². The van der Waals surface area contributed by atoms with E-state index < -0.39 is 0 Å². The first-order valence-electron chi connectivity index (χ1n) is 6.27. The molecule has 100 valence electrons. The van der Waals surface area contributed by atoms with Crippen LogP contribution >= 0.6 is 0 Å². The van der Waals surface area contributed by atoms with Crippen LogP contribution in [0.1, 0.15) is 19.8 Å². The highest BCUT2D eigenvalue weighted by Gasteiger charge is 1.96. The van der Waals surface area contributed by atoms with E-state index in [1.54, 1.807) is 0 Å². The van der Waals surface area contributed by atoms with Crippen LogP contribution in [0, 0.1) is 0 Å². The molecular formula is C13H22N4O. The van der Waals surface area contributed by atoms with Gasteiger partial charge in [-0.25, -0.2) is 5.84 Å². The highest BCUT2D eigenvalue weighted by Crippen LogP contribution is 2.04. The minimum atomic E-state index is 0.566. The highest BCUT2D eigenvalue weighted by molar-refractivity contribution is 5.93. The molecule has 0 aliphatic rings. The Balaban J connectivity index is 2.27. The Hall–Kier alpha value is -1.59. The van der Waals surface area contributed by atoms with Gasteiger partial charge in [0, 0.05) is 25.4 Å². The number of nitrogens with two attached hydrogens (primary N) is 1. The number of guanidine groups is 1. The number of hydrogen-bond acceptors (Lipinski definition) is 3. The summed E-state index contributed by atoms with van der Waals surface area (Å²) in [5.74, 6) is 5.97. The van der Waals surface area contributed by atoms with Gasteiger partial charge >= 0.3 is 0 Å². The maximum absolute atomic E-state index is 5.41. The molecule has 0 bridgehead atoms. The van der Waals surface area contributed by atoms with Crippen molar-refractivity contribution >= 4 is 11.6 Å². The second-order valence-corrected chi connectivity index (χ2v) is 3.83. The van der Waals surface area contributed by atoms with Crippen molar-refractivity contribution < 1.29 is 4.74 Å². The van der Waals surface area contributed by atoms with Crippen molar-refractivity contribution in [2.75, 3.05) is 25.1 Å². The van der Waals surface area contributed by atoms with Gasteiger partial charge < -0.3 is 10.1 Å². The molecule has 1 rings (SSSR count). The molecule has 0 saturated heterocycles. The normalized spacial score (nSPS) is 11.3. The first kappa shape index (κ1) is 14.5. The summed E-state index contributed by atoms with van der Waals surface area (Å²) in [7, 11) is 0. The Labute approximate surface area is 108 Å². The molecule has 0 radical (unpaired) electrons. The van der Waals surface area contributed by atoms with Crippen LogP contribution in [-0.4, -0.2) is 25.7 Å². The molecule has 5 heteroatoms. The molecule has 18 heavy (non-hydrogen) atoms. The Kier molecular flexibility index (Phi) is 7.59. The van der Waals surface area contributed by atoms with Gasteiger partial charge in [0.2, 0.25) is 5.96 Å². The fourth-order valence-electron chi connectivity index (χ4n) is 1.38. The van der Waals surface area contributed by atoms with Gasteiger partial charge in [-0.1, -0.05) is 25.1 Å². The lowest BCUT2D eigenvalue weighted by Gasteiger charge is -2.08. The number of nitrogens with one attached hydrogen (secondary N) is 2. The number of benzene rings is 1. The molecule has 0 amide bonds. The van der Waals surface area contributed by atoms with Crippen molar-refractivity contribution in [3.63, 3.8) is 0 Å². The van der Waals surface area contributed by atoms with Crippen LogP contribution in [0.5, 0.6) is 0 Å². The van der Waals surface area contributed by atoms with Crippen molar-refractivity contribution in [2.24, 2.45) is 10.8 Å². The monoisotopic (exact) mass is 250 g/mol. The molecule has 0 spiro atoms. The van der Waals surface area contributed by atoms with Gasteiger partial charge in [-0.2, -0.15) is 0 Å². The van der Waals surface area contributed by atoms with Crippen molar-refractivity contribution in [1.29, 1.82) is 0 Å². The Morgan fingerprint density at radius 1 is 1.28 bits per heavy atom. The Morgan fingerprint density at radius 2 is 2.06 bits per heavy atom. The first-order chi connectivity index (χ1) is 8.86. The quantitative estimate of drug-likeness (QED) is 0.227. The zero-order valence-electron chi connectivity index (χ0n) is 10.9. The van der Waals surface area contributed by atoms with Crippen molar-refractivity contribution in [1.82, 2.24) is 5.43 Å². The van der Waals surface area contributed by atoms with E-state index in [2.05, 4.69) is 22.7 Å². The fourth-order valence-corrected chi connectivity index (χ4v) is 1.38. The number of aliphatic imine (C=N–C) groups is 1. The number of hydrazine groups is 1. The van der Waals surface area contributed by atoms with E-state index in [1.807, 2.05) is 30.3 Å². The van der Waals surface area contributed by atoms with Crippen molar-refractivity contribution in [3.8, 4) is 0 Å². The van der Waals surface area contributed by atoms with Crippen LogP contribution in [0.3, 0.4) is 0 Å². The average Bonchev–Trinajstić information content (AvgIpc) is 2.42. The van der Waals surface area contributed by atoms with Gasteiger partial charge in [0.15, 0.2) is 0 Å². The summed E-state index contributed by atoms with van der Waals surface area (Å²) in [5.41, 5.74) is 3.51. The van der Waals surface area contributed by atoms with E-state index in [4.69, 9.17) is 10.6 Å². The topological polar surface area (TPSA) is 71.7 Å². The molecule has 0 aliphatic carbocycles. The Bertz CT molecular complexity index is 340. The van der Waals surface area contributed by atoms with E-state index in [1.165, 1.54) is 0 Å². The largest absolute Gasteiger partial charge is 0.381 e. The Morgan fingerprint density at radius 3 is 2.72 bits per heavy atom. The SMILES string of the molecule is CCCOCCCN=C(NN)Nc1ccccc1. The summed E-state index contributed by atoms with van der Waals surface area (Å²) in [6.45, 7) is 4.33. The molecule has 0 unspecified atom stereocenters. The number of hydrogen-bond donors (Lipinski definition) is 3. The summed E-state index contributed by atoms with van der Waals surface area (Å²) in [6.07, 6.45) is 1.94. The summed E-state index contributed by atoms with van der Waals surface area (Å²) in [5, 5.41) is 3.10. The first-order valence-corrected chi connectivity index (χ1v) is 6.27. The number of para-hydroxylation sites is 1. The van der Waals surface area contributed by atoms with E-state index in [0.29, 0.717) is 12.5 Å². The van der Waals surface area contributed by atoms with Gasteiger partial charge in [0.1, 0.15) is 0 Å². The smallest absolute Gasteiger partial charge is 0.210 e. The third kappa shape index (κ3) is 6.22. The molecule has 4 N–H and O–H groups in total. The molecule has 0 saturated carbocycles. The van der Waals surface area contributed by atoms with Gasteiger partial charge in [-0.15, -0.1) is 0 Å². The third-order valence-electron chi connectivity index (χ3n) is 2.24.